The summed E-state index contributed by atoms with van der Waals surface area (Å²) in [7, 11) is 4.10. The summed E-state index contributed by atoms with van der Waals surface area (Å²) in [5.41, 5.74) is 2.45. The first-order chi connectivity index (χ1) is 12.2. The number of hydrogen-bond donors (Lipinski definition) is 2. The topological polar surface area (TPSA) is 57.5 Å². The molecule has 0 saturated heterocycles. The number of nitrogens with zero attached hydrogens (tertiary/aromatic N) is 4. The molecule has 0 atom stereocenters. The maximum absolute atomic E-state index is 4.62. The zero-order chi connectivity index (χ0) is 17.9. The molecule has 0 aliphatic carbocycles. The molecule has 6 nitrogen and oxygen atoms in total. The Labute approximate surface area is 151 Å². The van der Waals surface area contributed by atoms with Crippen molar-refractivity contribution in [2.24, 2.45) is 12.0 Å². The molecule has 2 N–H and O–H groups in total. The number of hydrogen-bond acceptors (Lipinski definition) is 3. The summed E-state index contributed by atoms with van der Waals surface area (Å²) in [5.74, 6) is 0.856. The van der Waals surface area contributed by atoms with Gasteiger partial charge in [-0.1, -0.05) is 30.3 Å². The van der Waals surface area contributed by atoms with Crippen molar-refractivity contribution in [3.05, 3.63) is 53.9 Å². The van der Waals surface area contributed by atoms with Gasteiger partial charge in [-0.15, -0.1) is 0 Å². The summed E-state index contributed by atoms with van der Waals surface area (Å²) >= 11 is 0. The van der Waals surface area contributed by atoms with E-state index in [2.05, 4.69) is 69.9 Å². The van der Waals surface area contributed by atoms with Crippen LogP contribution in [0.3, 0.4) is 0 Å². The number of rotatable bonds is 9. The van der Waals surface area contributed by atoms with Crippen LogP contribution >= 0.6 is 0 Å². The van der Waals surface area contributed by atoms with Crippen molar-refractivity contribution in [2.75, 3.05) is 26.7 Å². The van der Waals surface area contributed by atoms with E-state index < -0.39 is 0 Å². The van der Waals surface area contributed by atoms with Crippen molar-refractivity contribution in [2.45, 2.75) is 26.4 Å². The average Bonchev–Trinajstić information content (AvgIpc) is 3.02. The molecular weight excluding hydrogens is 312 g/mol. The molecule has 0 fully saturated rings. The Balaban J connectivity index is 1.70. The van der Waals surface area contributed by atoms with Crippen LogP contribution in [0, 0.1) is 0 Å². The molecule has 0 spiro atoms. The predicted molar refractivity (Wildman–Crippen MR) is 103 cm³/mol. The Bertz CT molecular complexity index is 634. The Morgan fingerprint density at radius 3 is 2.68 bits per heavy atom. The quantitative estimate of drug-likeness (QED) is 0.416. The van der Waals surface area contributed by atoms with Crippen LogP contribution in [0.2, 0.25) is 0 Å². The number of aliphatic imine (C=N–C) groups is 1. The number of guanidine groups is 1. The highest BCUT2D eigenvalue weighted by Gasteiger charge is 2.02. The molecule has 0 radical (unpaired) electrons. The first kappa shape index (κ1) is 19.0. The summed E-state index contributed by atoms with van der Waals surface area (Å²) in [4.78, 5) is 6.97. The second-order valence-corrected chi connectivity index (χ2v) is 6.15. The van der Waals surface area contributed by atoms with Gasteiger partial charge in [-0.05, 0) is 38.6 Å². The minimum atomic E-state index is 0.625. The zero-order valence-corrected chi connectivity index (χ0v) is 15.6. The molecule has 0 saturated carbocycles. The largest absolute Gasteiger partial charge is 0.357 e. The molecule has 2 rings (SSSR count). The van der Waals surface area contributed by atoms with E-state index in [1.807, 2.05) is 17.8 Å². The molecule has 1 heterocycles. The van der Waals surface area contributed by atoms with Crippen molar-refractivity contribution in [1.29, 1.82) is 0 Å². The lowest BCUT2D eigenvalue weighted by Gasteiger charge is -2.17. The number of benzene rings is 1. The first-order valence-corrected chi connectivity index (χ1v) is 8.90. The van der Waals surface area contributed by atoms with Crippen molar-refractivity contribution in [1.82, 2.24) is 25.3 Å². The Hall–Kier alpha value is -2.34. The standard InChI is InChI=1S/C19H30N6/c1-4-20-19(22-15-18-11-13-23-25(18)3)21-12-8-14-24(2)16-17-9-6-5-7-10-17/h5-7,9-11,13H,4,8,12,14-16H2,1-3H3,(H2,20,21,22). The van der Waals surface area contributed by atoms with Gasteiger partial charge in [0.15, 0.2) is 5.96 Å². The van der Waals surface area contributed by atoms with Gasteiger partial charge in [-0.2, -0.15) is 5.10 Å². The first-order valence-electron chi connectivity index (χ1n) is 8.90. The van der Waals surface area contributed by atoms with Gasteiger partial charge in [-0.25, -0.2) is 4.99 Å². The summed E-state index contributed by atoms with van der Waals surface area (Å²) in [5, 5.41) is 10.9. The maximum Gasteiger partial charge on any atom is 0.191 e. The zero-order valence-electron chi connectivity index (χ0n) is 15.6. The van der Waals surface area contributed by atoms with Crippen molar-refractivity contribution in [3.8, 4) is 0 Å². The summed E-state index contributed by atoms with van der Waals surface area (Å²) in [6, 6.07) is 12.6. The fraction of sp³-hybridized carbons (Fsp3) is 0.474. The molecule has 1 aromatic heterocycles. The van der Waals surface area contributed by atoms with Crippen molar-refractivity contribution in [3.63, 3.8) is 0 Å². The highest BCUT2D eigenvalue weighted by Crippen LogP contribution is 2.02. The van der Waals surface area contributed by atoms with E-state index in [1.54, 1.807) is 6.20 Å². The van der Waals surface area contributed by atoms with E-state index in [4.69, 9.17) is 0 Å². The van der Waals surface area contributed by atoms with Gasteiger partial charge in [0.2, 0.25) is 0 Å². The molecule has 136 valence electrons. The highest BCUT2D eigenvalue weighted by atomic mass is 15.3. The molecular formula is C19H30N6. The molecule has 0 aliphatic heterocycles. The van der Waals surface area contributed by atoms with Crippen LogP contribution in [0.25, 0.3) is 0 Å². The van der Waals surface area contributed by atoms with Crippen molar-refractivity contribution < 1.29 is 0 Å². The van der Waals surface area contributed by atoms with Gasteiger partial charge < -0.3 is 15.5 Å². The van der Waals surface area contributed by atoms with Crippen LogP contribution in [0.15, 0.2) is 47.6 Å². The van der Waals surface area contributed by atoms with E-state index in [0.29, 0.717) is 6.54 Å². The van der Waals surface area contributed by atoms with Crippen LogP contribution in [0.5, 0.6) is 0 Å². The van der Waals surface area contributed by atoms with Gasteiger partial charge in [0.25, 0.3) is 0 Å². The van der Waals surface area contributed by atoms with Crippen LogP contribution in [0.4, 0.5) is 0 Å². The van der Waals surface area contributed by atoms with Gasteiger partial charge in [0.05, 0.1) is 12.2 Å². The van der Waals surface area contributed by atoms with Gasteiger partial charge in [-0.3, -0.25) is 4.68 Å². The average molecular weight is 342 g/mol. The molecule has 2 aromatic rings. The van der Waals surface area contributed by atoms with Crippen LogP contribution in [-0.4, -0.2) is 47.3 Å². The van der Waals surface area contributed by atoms with Gasteiger partial charge >= 0.3 is 0 Å². The minimum Gasteiger partial charge on any atom is -0.357 e. The molecule has 0 bridgehead atoms. The Kier molecular flexibility index (Phi) is 7.98. The fourth-order valence-corrected chi connectivity index (χ4v) is 2.59. The van der Waals surface area contributed by atoms with Crippen LogP contribution in [-0.2, 0) is 20.1 Å². The number of nitrogens with one attached hydrogen (secondary N) is 2. The summed E-state index contributed by atoms with van der Waals surface area (Å²) < 4.78 is 1.85. The monoisotopic (exact) mass is 342 g/mol. The van der Waals surface area contributed by atoms with E-state index >= 15 is 0 Å². The smallest absolute Gasteiger partial charge is 0.191 e. The fourth-order valence-electron chi connectivity index (χ4n) is 2.59. The van der Waals surface area contributed by atoms with E-state index in [-0.39, 0.29) is 0 Å². The third kappa shape index (κ3) is 6.97. The lowest BCUT2D eigenvalue weighted by atomic mass is 10.2. The Morgan fingerprint density at radius 1 is 1.20 bits per heavy atom. The van der Waals surface area contributed by atoms with E-state index in [1.165, 1.54) is 5.56 Å². The molecule has 0 aliphatic rings. The van der Waals surface area contributed by atoms with Gasteiger partial charge in [0.1, 0.15) is 0 Å². The lowest BCUT2D eigenvalue weighted by molar-refractivity contribution is 0.322. The molecule has 1 aromatic carbocycles. The third-order valence-corrected chi connectivity index (χ3v) is 3.97. The molecule has 0 unspecified atom stereocenters. The normalized spacial score (nSPS) is 11.8. The van der Waals surface area contributed by atoms with Gasteiger partial charge in [0, 0.05) is 32.9 Å². The van der Waals surface area contributed by atoms with Crippen molar-refractivity contribution >= 4 is 5.96 Å². The van der Waals surface area contributed by atoms with E-state index in [9.17, 15) is 0 Å². The number of aryl methyl sites for hydroxylation is 1. The minimum absolute atomic E-state index is 0.625. The second kappa shape index (κ2) is 10.5. The molecule has 25 heavy (non-hydrogen) atoms. The predicted octanol–water partition coefficient (Wildman–Crippen LogP) is 2.00. The van der Waals surface area contributed by atoms with Crippen LogP contribution < -0.4 is 10.6 Å². The third-order valence-electron chi connectivity index (χ3n) is 3.97. The summed E-state index contributed by atoms with van der Waals surface area (Å²) in [6.07, 6.45) is 2.87. The number of aromatic nitrogens is 2. The van der Waals surface area contributed by atoms with Crippen LogP contribution in [0.1, 0.15) is 24.6 Å². The van der Waals surface area contributed by atoms with E-state index in [0.717, 1.165) is 44.3 Å². The SMILES string of the molecule is CCNC(=NCc1ccnn1C)NCCCN(C)Cc1ccccc1. The highest BCUT2D eigenvalue weighted by molar-refractivity contribution is 5.79. The maximum atomic E-state index is 4.62. The second-order valence-electron chi connectivity index (χ2n) is 6.15. The molecule has 6 heteroatoms. The summed E-state index contributed by atoms with van der Waals surface area (Å²) in [6.45, 7) is 6.48. The molecule has 0 amide bonds. The lowest BCUT2D eigenvalue weighted by Crippen LogP contribution is -2.38. The Morgan fingerprint density at radius 2 is 2.00 bits per heavy atom.